The summed E-state index contributed by atoms with van der Waals surface area (Å²) in [6.45, 7) is 4.45. The number of aromatic nitrogens is 1. The number of fused-ring (bicyclic) bond motifs is 1. The average Bonchev–Trinajstić information content (AvgIpc) is 3.06. The molecular formula is C18H26N2O5. The maximum absolute atomic E-state index is 13.1. The molecule has 1 atom stereocenters. The molecule has 138 valence electrons. The van der Waals surface area contributed by atoms with Gasteiger partial charge in [-0.05, 0) is 12.8 Å². The van der Waals surface area contributed by atoms with Crippen LogP contribution >= 0.6 is 0 Å². The number of nitrogens with zero attached hydrogens (tertiary/aromatic N) is 2. The van der Waals surface area contributed by atoms with Crippen molar-refractivity contribution in [3.05, 3.63) is 27.7 Å². The van der Waals surface area contributed by atoms with Gasteiger partial charge < -0.3 is 23.7 Å². The molecule has 2 aliphatic heterocycles. The molecule has 1 unspecified atom stereocenters. The monoisotopic (exact) mass is 350 g/mol. The molecule has 0 radical (unpaired) electrons. The highest BCUT2D eigenvalue weighted by atomic mass is 16.5. The third kappa shape index (κ3) is 3.06. The Balaban J connectivity index is 2.11. The van der Waals surface area contributed by atoms with E-state index < -0.39 is 0 Å². The van der Waals surface area contributed by atoms with Crippen molar-refractivity contribution in [1.82, 2.24) is 9.47 Å². The quantitative estimate of drug-likeness (QED) is 0.726. The maximum Gasteiger partial charge on any atom is 0.274 e. The first kappa shape index (κ1) is 17.9. The summed E-state index contributed by atoms with van der Waals surface area (Å²) in [5.41, 5.74) is 0.381. The summed E-state index contributed by atoms with van der Waals surface area (Å²) >= 11 is 0. The van der Waals surface area contributed by atoms with Crippen LogP contribution in [0, 0.1) is 0 Å². The van der Waals surface area contributed by atoms with Crippen molar-refractivity contribution in [2.45, 2.75) is 44.9 Å². The predicted octanol–water partition coefficient (Wildman–Crippen LogP) is 1.42. The van der Waals surface area contributed by atoms with Gasteiger partial charge in [0.2, 0.25) is 5.43 Å². The van der Waals surface area contributed by atoms with Crippen molar-refractivity contribution < 1.29 is 19.0 Å². The van der Waals surface area contributed by atoms with Crippen LogP contribution in [0.5, 0.6) is 5.75 Å². The van der Waals surface area contributed by atoms with Crippen LogP contribution in [0.4, 0.5) is 0 Å². The lowest BCUT2D eigenvalue weighted by Gasteiger charge is -2.43. The number of amides is 1. The van der Waals surface area contributed by atoms with Gasteiger partial charge in [-0.15, -0.1) is 0 Å². The number of likely N-dealkylation sites (N-methyl/N-ethyl adjacent to an activating group) is 1. The minimum Gasteiger partial charge on any atom is -0.487 e. The summed E-state index contributed by atoms with van der Waals surface area (Å²) in [5.74, 6) is -0.0442. The molecule has 3 heterocycles. The number of hydrogen-bond donors (Lipinski definition) is 0. The molecule has 0 saturated carbocycles. The van der Waals surface area contributed by atoms with Crippen LogP contribution in [0.15, 0.2) is 10.9 Å². The van der Waals surface area contributed by atoms with Gasteiger partial charge in [0.1, 0.15) is 0 Å². The van der Waals surface area contributed by atoms with Crippen LogP contribution in [0.25, 0.3) is 0 Å². The zero-order valence-corrected chi connectivity index (χ0v) is 15.2. The normalized spacial score (nSPS) is 22.5. The second-order valence-electron chi connectivity index (χ2n) is 6.79. The molecule has 1 aromatic heterocycles. The van der Waals surface area contributed by atoms with E-state index in [1.807, 2.05) is 4.57 Å². The maximum atomic E-state index is 13.1. The van der Waals surface area contributed by atoms with E-state index in [1.54, 1.807) is 19.1 Å². The standard InChI is InChI=1S/C18H26N2O5/c1-4-5-7-25-16-14(21)9-13(10-23-3)20-11-18(6-8-24-12-18)19(2)17(22)15(16)20/h9H,4-8,10-12H2,1-3H3. The Kier molecular flexibility index (Phi) is 5.15. The number of carbonyl (C=O) groups is 1. The minimum atomic E-state index is -0.373. The molecule has 1 spiro atoms. The smallest absolute Gasteiger partial charge is 0.274 e. The lowest BCUT2D eigenvalue weighted by atomic mass is 9.92. The summed E-state index contributed by atoms with van der Waals surface area (Å²) in [6, 6.07) is 1.52. The zero-order chi connectivity index (χ0) is 18.0. The lowest BCUT2D eigenvalue weighted by molar-refractivity contribution is 0.0327. The van der Waals surface area contributed by atoms with E-state index in [9.17, 15) is 9.59 Å². The highest BCUT2D eigenvalue weighted by Gasteiger charge is 2.47. The Bertz CT molecular complexity index is 706. The number of rotatable bonds is 6. The Morgan fingerprint density at radius 1 is 1.36 bits per heavy atom. The van der Waals surface area contributed by atoms with E-state index >= 15 is 0 Å². The second kappa shape index (κ2) is 7.17. The average molecular weight is 350 g/mol. The van der Waals surface area contributed by atoms with Crippen molar-refractivity contribution in [3.63, 3.8) is 0 Å². The van der Waals surface area contributed by atoms with Gasteiger partial charge in [-0.3, -0.25) is 9.59 Å². The van der Waals surface area contributed by atoms with Gasteiger partial charge in [0.25, 0.3) is 5.91 Å². The van der Waals surface area contributed by atoms with Gasteiger partial charge in [-0.25, -0.2) is 0 Å². The number of methoxy groups -OCH3 is 1. The van der Waals surface area contributed by atoms with Crippen LogP contribution in [-0.2, 0) is 22.6 Å². The Morgan fingerprint density at radius 2 is 2.16 bits per heavy atom. The predicted molar refractivity (Wildman–Crippen MR) is 92.1 cm³/mol. The van der Waals surface area contributed by atoms with E-state index in [0.29, 0.717) is 37.8 Å². The van der Waals surface area contributed by atoms with E-state index in [-0.39, 0.29) is 29.2 Å². The highest BCUT2D eigenvalue weighted by molar-refractivity contribution is 5.96. The Morgan fingerprint density at radius 3 is 2.80 bits per heavy atom. The first-order valence-corrected chi connectivity index (χ1v) is 8.78. The van der Waals surface area contributed by atoms with Gasteiger partial charge in [-0.2, -0.15) is 0 Å². The summed E-state index contributed by atoms with van der Waals surface area (Å²) in [6.07, 6.45) is 2.57. The third-order valence-electron chi connectivity index (χ3n) is 5.14. The van der Waals surface area contributed by atoms with E-state index in [1.165, 1.54) is 6.07 Å². The number of unbranched alkanes of at least 4 members (excludes halogenated alkanes) is 1. The van der Waals surface area contributed by atoms with Gasteiger partial charge >= 0.3 is 0 Å². The number of hydrogen-bond acceptors (Lipinski definition) is 5. The third-order valence-corrected chi connectivity index (χ3v) is 5.14. The molecule has 3 rings (SSSR count). The fourth-order valence-corrected chi connectivity index (χ4v) is 3.56. The Labute approximate surface area is 147 Å². The van der Waals surface area contributed by atoms with Crippen LogP contribution in [0.3, 0.4) is 0 Å². The molecule has 0 aromatic carbocycles. The van der Waals surface area contributed by atoms with Crippen LogP contribution in [-0.4, -0.2) is 54.9 Å². The molecule has 7 nitrogen and oxygen atoms in total. The topological polar surface area (TPSA) is 70.0 Å². The molecule has 2 aliphatic rings. The van der Waals surface area contributed by atoms with Crippen molar-refractivity contribution in [1.29, 1.82) is 0 Å². The Hall–Kier alpha value is -1.86. The fraction of sp³-hybridized carbons (Fsp3) is 0.667. The molecule has 0 aliphatic carbocycles. The first-order chi connectivity index (χ1) is 12.0. The van der Waals surface area contributed by atoms with E-state index in [0.717, 1.165) is 19.3 Å². The van der Waals surface area contributed by atoms with E-state index in [2.05, 4.69) is 6.92 Å². The first-order valence-electron chi connectivity index (χ1n) is 8.78. The van der Waals surface area contributed by atoms with Gasteiger partial charge in [0.05, 0.1) is 25.4 Å². The zero-order valence-electron chi connectivity index (χ0n) is 15.2. The summed E-state index contributed by atoms with van der Waals surface area (Å²) in [4.78, 5) is 27.4. The van der Waals surface area contributed by atoms with Gasteiger partial charge in [-0.1, -0.05) is 13.3 Å². The van der Waals surface area contributed by atoms with Crippen molar-refractivity contribution in [3.8, 4) is 5.75 Å². The summed E-state index contributed by atoms with van der Waals surface area (Å²) < 4.78 is 18.4. The van der Waals surface area contributed by atoms with Gasteiger partial charge in [0, 0.05) is 39.1 Å². The minimum absolute atomic E-state index is 0.152. The molecule has 1 aromatic rings. The lowest BCUT2D eigenvalue weighted by Crippen LogP contribution is -2.58. The van der Waals surface area contributed by atoms with Crippen molar-refractivity contribution in [2.75, 3.05) is 34.0 Å². The number of carbonyl (C=O) groups excluding carboxylic acids is 1. The molecule has 1 saturated heterocycles. The molecule has 1 amide bonds. The molecule has 0 bridgehead atoms. The van der Waals surface area contributed by atoms with Crippen LogP contribution < -0.4 is 10.2 Å². The molecule has 7 heteroatoms. The van der Waals surface area contributed by atoms with E-state index in [4.69, 9.17) is 14.2 Å². The molecule has 0 N–H and O–H groups in total. The summed E-state index contributed by atoms with van der Waals surface area (Å²) in [5, 5.41) is 0. The molecule has 1 fully saturated rings. The molecular weight excluding hydrogens is 324 g/mol. The van der Waals surface area contributed by atoms with Crippen molar-refractivity contribution >= 4 is 5.91 Å². The van der Waals surface area contributed by atoms with Crippen LogP contribution in [0.1, 0.15) is 42.4 Å². The van der Waals surface area contributed by atoms with Crippen molar-refractivity contribution in [2.24, 2.45) is 0 Å². The van der Waals surface area contributed by atoms with Gasteiger partial charge in [0.15, 0.2) is 11.4 Å². The highest BCUT2D eigenvalue weighted by Crippen LogP contribution is 2.35. The fourth-order valence-electron chi connectivity index (χ4n) is 3.56. The number of ether oxygens (including phenoxy) is 3. The molecule has 25 heavy (non-hydrogen) atoms. The SMILES string of the molecule is CCCCOc1c2n(c(COC)cc1=O)CC1(CCOC1)N(C)C2=O. The number of pyridine rings is 1. The van der Waals surface area contributed by atoms with Crippen LogP contribution in [0.2, 0.25) is 0 Å². The second-order valence-corrected chi connectivity index (χ2v) is 6.79. The largest absolute Gasteiger partial charge is 0.487 e. The summed E-state index contributed by atoms with van der Waals surface area (Å²) in [7, 11) is 3.36.